The number of anilines is 2. The molecule has 3 aromatic rings. The van der Waals surface area contributed by atoms with E-state index in [0.29, 0.717) is 24.3 Å². The number of hydrogen-bond acceptors (Lipinski definition) is 2. The highest BCUT2D eigenvalue weighted by Crippen LogP contribution is 2.31. The minimum Gasteiger partial charge on any atom is -0.322 e. The van der Waals surface area contributed by atoms with Crippen molar-refractivity contribution in [1.29, 1.82) is 0 Å². The van der Waals surface area contributed by atoms with Crippen LogP contribution in [0.4, 0.5) is 11.4 Å². The van der Waals surface area contributed by atoms with Crippen molar-refractivity contribution in [3.63, 3.8) is 0 Å². The summed E-state index contributed by atoms with van der Waals surface area (Å²) in [4.78, 5) is 27.2. The van der Waals surface area contributed by atoms with Gasteiger partial charge in [-0.1, -0.05) is 50.2 Å². The molecule has 1 aliphatic heterocycles. The molecule has 0 saturated heterocycles. The fourth-order valence-electron chi connectivity index (χ4n) is 3.89. The van der Waals surface area contributed by atoms with E-state index in [4.69, 9.17) is 0 Å². The van der Waals surface area contributed by atoms with Crippen molar-refractivity contribution in [3.05, 3.63) is 71.8 Å². The number of amides is 2. The van der Waals surface area contributed by atoms with Gasteiger partial charge in [0.25, 0.3) is 5.91 Å². The van der Waals surface area contributed by atoms with E-state index in [1.807, 2.05) is 65.6 Å². The van der Waals surface area contributed by atoms with E-state index in [1.54, 1.807) is 0 Å². The van der Waals surface area contributed by atoms with Gasteiger partial charge in [0.05, 0.1) is 0 Å². The Bertz CT molecular complexity index is 1070. The molecule has 29 heavy (non-hydrogen) atoms. The van der Waals surface area contributed by atoms with E-state index in [2.05, 4.69) is 19.2 Å². The van der Waals surface area contributed by atoms with Crippen LogP contribution in [0.25, 0.3) is 10.8 Å². The van der Waals surface area contributed by atoms with Crippen LogP contribution in [0.3, 0.4) is 0 Å². The molecule has 0 spiro atoms. The van der Waals surface area contributed by atoms with Crippen molar-refractivity contribution >= 4 is 34.0 Å². The van der Waals surface area contributed by atoms with E-state index in [0.717, 1.165) is 40.7 Å². The average molecular weight is 386 g/mol. The third-order valence-electron chi connectivity index (χ3n) is 5.50. The van der Waals surface area contributed by atoms with E-state index in [9.17, 15) is 9.59 Å². The zero-order valence-corrected chi connectivity index (χ0v) is 16.9. The van der Waals surface area contributed by atoms with Crippen LogP contribution in [-0.4, -0.2) is 18.4 Å². The monoisotopic (exact) mass is 386 g/mol. The Balaban J connectivity index is 1.57. The zero-order valence-electron chi connectivity index (χ0n) is 16.9. The largest absolute Gasteiger partial charge is 0.322 e. The predicted molar refractivity (Wildman–Crippen MR) is 118 cm³/mol. The number of aryl methyl sites for hydroxylation is 1. The Morgan fingerprint density at radius 3 is 2.66 bits per heavy atom. The first kappa shape index (κ1) is 19.2. The maximum Gasteiger partial charge on any atom is 0.256 e. The standard InChI is InChI=1S/C25H26N2O2/c1-17(2)14-15-27-23-12-11-20(16-19(23)10-13-24(27)28)26-25(29)22-9-5-7-18-6-3-4-8-21(18)22/h3-9,11-12,16-17H,10,13-15H2,1-2H3,(H,26,29). The van der Waals surface area contributed by atoms with Crippen molar-refractivity contribution in [2.45, 2.75) is 33.1 Å². The second kappa shape index (κ2) is 8.08. The molecule has 0 unspecified atom stereocenters. The molecule has 3 aromatic carbocycles. The molecule has 0 aromatic heterocycles. The molecule has 4 rings (SSSR count). The third kappa shape index (κ3) is 4.02. The van der Waals surface area contributed by atoms with Crippen molar-refractivity contribution in [2.75, 3.05) is 16.8 Å². The Labute approximate surface area is 171 Å². The summed E-state index contributed by atoms with van der Waals surface area (Å²) >= 11 is 0. The summed E-state index contributed by atoms with van der Waals surface area (Å²) in [5.74, 6) is 0.614. The minimum atomic E-state index is -0.120. The summed E-state index contributed by atoms with van der Waals surface area (Å²) in [6, 6.07) is 19.5. The Kier molecular flexibility index (Phi) is 5.34. The van der Waals surface area contributed by atoms with Crippen LogP contribution in [0.5, 0.6) is 0 Å². The minimum absolute atomic E-state index is 0.120. The first-order valence-corrected chi connectivity index (χ1v) is 10.3. The van der Waals surface area contributed by atoms with Gasteiger partial charge < -0.3 is 10.2 Å². The topological polar surface area (TPSA) is 49.4 Å². The number of benzene rings is 3. The molecule has 0 bridgehead atoms. The molecule has 1 heterocycles. The van der Waals surface area contributed by atoms with Crippen molar-refractivity contribution in [3.8, 4) is 0 Å². The predicted octanol–water partition coefficient (Wildman–Crippen LogP) is 5.42. The number of rotatable bonds is 5. The number of nitrogens with one attached hydrogen (secondary N) is 1. The maximum atomic E-state index is 12.9. The number of fused-ring (bicyclic) bond motifs is 2. The van der Waals surface area contributed by atoms with Crippen LogP contribution in [0, 0.1) is 5.92 Å². The van der Waals surface area contributed by atoms with Gasteiger partial charge in [-0.05, 0) is 59.4 Å². The van der Waals surface area contributed by atoms with Crippen LogP contribution < -0.4 is 10.2 Å². The molecule has 4 nitrogen and oxygen atoms in total. The molecule has 1 aliphatic rings. The Morgan fingerprint density at radius 2 is 1.83 bits per heavy atom. The van der Waals surface area contributed by atoms with Gasteiger partial charge in [-0.3, -0.25) is 9.59 Å². The summed E-state index contributed by atoms with van der Waals surface area (Å²) in [6.07, 6.45) is 2.21. The molecule has 0 radical (unpaired) electrons. The fourth-order valence-corrected chi connectivity index (χ4v) is 3.89. The smallest absolute Gasteiger partial charge is 0.256 e. The van der Waals surface area contributed by atoms with Gasteiger partial charge in [0, 0.05) is 29.9 Å². The zero-order chi connectivity index (χ0) is 20.4. The van der Waals surface area contributed by atoms with Crippen LogP contribution in [-0.2, 0) is 11.2 Å². The van der Waals surface area contributed by atoms with Crippen LogP contribution >= 0.6 is 0 Å². The van der Waals surface area contributed by atoms with Gasteiger partial charge in [0.1, 0.15) is 0 Å². The first-order valence-electron chi connectivity index (χ1n) is 10.3. The van der Waals surface area contributed by atoms with Gasteiger partial charge >= 0.3 is 0 Å². The quantitative estimate of drug-likeness (QED) is 0.637. The highest BCUT2D eigenvalue weighted by atomic mass is 16.2. The maximum absolute atomic E-state index is 12.9. The molecule has 0 saturated carbocycles. The van der Waals surface area contributed by atoms with Gasteiger partial charge in [-0.15, -0.1) is 0 Å². The van der Waals surface area contributed by atoms with Gasteiger partial charge in [0.2, 0.25) is 5.91 Å². The summed E-state index contributed by atoms with van der Waals surface area (Å²) in [6.45, 7) is 5.08. The van der Waals surface area contributed by atoms with E-state index >= 15 is 0 Å². The fraction of sp³-hybridized carbons (Fsp3) is 0.280. The SMILES string of the molecule is CC(C)CCN1C(=O)CCc2cc(NC(=O)c3cccc4ccccc34)ccc21. The molecule has 2 amide bonds. The summed E-state index contributed by atoms with van der Waals surface area (Å²) in [5.41, 5.74) is 3.52. The molecule has 4 heteroatoms. The molecule has 0 atom stereocenters. The molecule has 1 N–H and O–H groups in total. The third-order valence-corrected chi connectivity index (χ3v) is 5.50. The molecular weight excluding hydrogens is 360 g/mol. The van der Waals surface area contributed by atoms with Gasteiger partial charge in [-0.2, -0.15) is 0 Å². The lowest BCUT2D eigenvalue weighted by molar-refractivity contribution is -0.118. The van der Waals surface area contributed by atoms with E-state index in [-0.39, 0.29) is 11.8 Å². The number of hydrogen-bond donors (Lipinski definition) is 1. The van der Waals surface area contributed by atoms with Crippen molar-refractivity contribution in [2.24, 2.45) is 5.92 Å². The van der Waals surface area contributed by atoms with Gasteiger partial charge in [-0.25, -0.2) is 0 Å². The second-order valence-electron chi connectivity index (χ2n) is 8.05. The highest BCUT2D eigenvalue weighted by Gasteiger charge is 2.24. The van der Waals surface area contributed by atoms with Crippen LogP contribution in [0.15, 0.2) is 60.7 Å². The average Bonchev–Trinajstić information content (AvgIpc) is 2.72. The second-order valence-corrected chi connectivity index (χ2v) is 8.05. The van der Waals surface area contributed by atoms with Crippen molar-refractivity contribution in [1.82, 2.24) is 0 Å². The molecule has 0 fully saturated rings. The molecule has 148 valence electrons. The molecule has 0 aliphatic carbocycles. The number of nitrogens with zero attached hydrogens (tertiary/aromatic N) is 1. The lowest BCUT2D eigenvalue weighted by Gasteiger charge is -2.30. The first-order chi connectivity index (χ1) is 14.0. The lowest BCUT2D eigenvalue weighted by Crippen LogP contribution is -2.36. The summed E-state index contributed by atoms with van der Waals surface area (Å²) < 4.78 is 0. The Morgan fingerprint density at radius 1 is 1.03 bits per heavy atom. The Hall–Kier alpha value is -3.14. The normalized spacial score (nSPS) is 13.6. The van der Waals surface area contributed by atoms with E-state index < -0.39 is 0 Å². The van der Waals surface area contributed by atoms with Crippen LogP contribution in [0.2, 0.25) is 0 Å². The van der Waals surface area contributed by atoms with Gasteiger partial charge in [0.15, 0.2) is 0 Å². The van der Waals surface area contributed by atoms with Crippen molar-refractivity contribution < 1.29 is 9.59 Å². The highest BCUT2D eigenvalue weighted by molar-refractivity contribution is 6.13. The van der Waals surface area contributed by atoms with E-state index in [1.165, 1.54) is 0 Å². The number of carbonyl (C=O) groups is 2. The summed E-state index contributed by atoms with van der Waals surface area (Å²) in [7, 11) is 0. The summed E-state index contributed by atoms with van der Waals surface area (Å²) in [5, 5.41) is 5.02. The van der Waals surface area contributed by atoms with Crippen LogP contribution in [0.1, 0.15) is 42.6 Å². The lowest BCUT2D eigenvalue weighted by atomic mass is 9.99. The number of carbonyl (C=O) groups excluding carboxylic acids is 2. The molecular formula is C25H26N2O2.